The van der Waals surface area contributed by atoms with E-state index in [-0.39, 0.29) is 16.9 Å². The maximum Gasteiger partial charge on any atom is 0.416 e. The largest absolute Gasteiger partial charge is 0.416 e. The van der Waals surface area contributed by atoms with Crippen molar-refractivity contribution in [3.8, 4) is 0 Å². The fraction of sp³-hybridized carbons (Fsp3) is 0.211. The summed E-state index contributed by atoms with van der Waals surface area (Å²) in [6, 6.07) is 7.79. The molecule has 0 aliphatic carbocycles. The van der Waals surface area contributed by atoms with E-state index < -0.39 is 23.6 Å². The van der Waals surface area contributed by atoms with Gasteiger partial charge < -0.3 is 15.2 Å². The zero-order valence-corrected chi connectivity index (χ0v) is 15.1. The highest BCUT2D eigenvalue weighted by Crippen LogP contribution is 2.32. The molecule has 9 heteroatoms. The van der Waals surface area contributed by atoms with Crippen LogP contribution in [0, 0.1) is 0 Å². The minimum Gasteiger partial charge on any atom is -0.342 e. The first-order valence-electron chi connectivity index (χ1n) is 8.42. The molecular formula is C19H17F3N4O2. The number of hydrogen-bond donors (Lipinski definition) is 2. The van der Waals surface area contributed by atoms with Crippen molar-refractivity contribution in [1.29, 1.82) is 0 Å². The van der Waals surface area contributed by atoms with Gasteiger partial charge >= 0.3 is 6.18 Å². The van der Waals surface area contributed by atoms with Crippen LogP contribution < -0.4 is 5.32 Å². The topological polar surface area (TPSA) is 78.1 Å². The molecule has 0 bridgehead atoms. The van der Waals surface area contributed by atoms with Gasteiger partial charge in [0, 0.05) is 36.4 Å². The van der Waals surface area contributed by atoms with Crippen LogP contribution in [0.25, 0.3) is 11.0 Å². The highest BCUT2D eigenvalue weighted by Gasteiger charge is 2.32. The molecule has 2 amide bonds. The highest BCUT2D eigenvalue weighted by atomic mass is 19.4. The molecule has 0 fully saturated rings. The predicted octanol–water partition coefficient (Wildman–Crippen LogP) is 3.93. The summed E-state index contributed by atoms with van der Waals surface area (Å²) in [5.41, 5.74) is -0.676. The number of benzene rings is 1. The summed E-state index contributed by atoms with van der Waals surface area (Å²) < 4.78 is 39.7. The Morgan fingerprint density at radius 2 is 1.96 bits per heavy atom. The Hall–Kier alpha value is -3.36. The lowest BCUT2D eigenvalue weighted by molar-refractivity contribution is -0.137. The van der Waals surface area contributed by atoms with Crippen LogP contribution in [0.2, 0.25) is 0 Å². The van der Waals surface area contributed by atoms with Crippen LogP contribution in [-0.2, 0) is 6.18 Å². The third kappa shape index (κ3) is 3.98. The molecule has 0 aliphatic heterocycles. The number of nitrogens with one attached hydrogen (secondary N) is 2. The van der Waals surface area contributed by atoms with Gasteiger partial charge in [-0.15, -0.1) is 0 Å². The maximum absolute atomic E-state index is 13.2. The smallest absolute Gasteiger partial charge is 0.342 e. The van der Waals surface area contributed by atoms with Crippen molar-refractivity contribution >= 4 is 28.5 Å². The molecule has 0 spiro atoms. The van der Waals surface area contributed by atoms with E-state index in [0.29, 0.717) is 17.6 Å². The van der Waals surface area contributed by atoms with Gasteiger partial charge in [0.15, 0.2) is 0 Å². The van der Waals surface area contributed by atoms with E-state index in [9.17, 15) is 22.8 Å². The van der Waals surface area contributed by atoms with E-state index in [0.717, 1.165) is 12.1 Å². The number of pyridine rings is 1. The quantitative estimate of drug-likeness (QED) is 0.709. The SMILES string of the molecule is CCN(C)C(=O)c1cc(NC(=O)c2cc3cccnc3[nH]2)cc(C(F)(F)F)c1. The lowest BCUT2D eigenvalue weighted by Gasteiger charge is -2.17. The van der Waals surface area contributed by atoms with Crippen molar-refractivity contribution in [1.82, 2.24) is 14.9 Å². The molecule has 0 radical (unpaired) electrons. The second-order valence-electron chi connectivity index (χ2n) is 6.19. The van der Waals surface area contributed by atoms with Crippen LogP contribution in [0.3, 0.4) is 0 Å². The number of aromatic nitrogens is 2. The van der Waals surface area contributed by atoms with Crippen molar-refractivity contribution in [2.45, 2.75) is 13.1 Å². The molecule has 0 unspecified atom stereocenters. The zero-order valence-electron chi connectivity index (χ0n) is 15.1. The number of nitrogens with zero attached hydrogens (tertiary/aromatic N) is 2. The van der Waals surface area contributed by atoms with Crippen LogP contribution in [0.5, 0.6) is 0 Å². The maximum atomic E-state index is 13.2. The number of fused-ring (bicyclic) bond motifs is 1. The van der Waals surface area contributed by atoms with Crippen LogP contribution in [-0.4, -0.2) is 40.3 Å². The molecule has 2 N–H and O–H groups in total. The van der Waals surface area contributed by atoms with Gasteiger partial charge in [-0.05, 0) is 43.3 Å². The number of alkyl halides is 3. The number of aromatic amines is 1. The Balaban J connectivity index is 1.95. The predicted molar refractivity (Wildman–Crippen MR) is 98.1 cm³/mol. The molecule has 28 heavy (non-hydrogen) atoms. The molecule has 3 rings (SSSR count). The van der Waals surface area contributed by atoms with Gasteiger partial charge in [0.1, 0.15) is 11.3 Å². The lowest BCUT2D eigenvalue weighted by Crippen LogP contribution is -2.27. The van der Waals surface area contributed by atoms with Crippen molar-refractivity contribution < 1.29 is 22.8 Å². The minimum atomic E-state index is -4.66. The van der Waals surface area contributed by atoms with E-state index in [1.54, 1.807) is 31.3 Å². The number of amides is 2. The fourth-order valence-corrected chi connectivity index (χ4v) is 2.63. The summed E-state index contributed by atoms with van der Waals surface area (Å²) in [6.45, 7) is 2.04. The Bertz CT molecular complexity index is 1010. The molecule has 1 aromatic carbocycles. The molecule has 0 saturated heterocycles. The zero-order chi connectivity index (χ0) is 20.5. The second kappa shape index (κ2) is 7.34. The molecule has 6 nitrogen and oxygen atoms in total. The molecule has 3 aromatic rings. The summed E-state index contributed by atoms with van der Waals surface area (Å²) in [4.78, 5) is 32.9. The van der Waals surface area contributed by atoms with E-state index in [2.05, 4.69) is 15.3 Å². The van der Waals surface area contributed by atoms with E-state index in [1.807, 2.05) is 0 Å². The van der Waals surface area contributed by atoms with E-state index >= 15 is 0 Å². The molecular weight excluding hydrogens is 373 g/mol. The standard InChI is InChI=1S/C19H17F3N4O2/c1-3-26(2)18(28)12-7-13(19(20,21)22)10-14(8-12)24-17(27)15-9-11-5-4-6-23-16(11)25-15/h4-10H,3H2,1-2H3,(H,23,25)(H,24,27). The third-order valence-corrected chi connectivity index (χ3v) is 4.22. The normalized spacial score (nSPS) is 11.5. The van der Waals surface area contributed by atoms with E-state index in [4.69, 9.17) is 0 Å². The number of hydrogen-bond acceptors (Lipinski definition) is 3. The fourth-order valence-electron chi connectivity index (χ4n) is 2.63. The Kier molecular flexibility index (Phi) is 5.08. The first-order valence-corrected chi connectivity index (χ1v) is 8.42. The van der Waals surface area contributed by atoms with Gasteiger partial charge in [0.2, 0.25) is 0 Å². The molecule has 2 heterocycles. The average Bonchev–Trinajstić information content (AvgIpc) is 3.10. The summed E-state index contributed by atoms with van der Waals surface area (Å²) >= 11 is 0. The number of rotatable bonds is 4. The number of halogens is 3. The van der Waals surface area contributed by atoms with Crippen LogP contribution in [0.1, 0.15) is 33.3 Å². The highest BCUT2D eigenvalue weighted by molar-refractivity contribution is 6.06. The van der Waals surface area contributed by atoms with Crippen LogP contribution in [0.15, 0.2) is 42.6 Å². The van der Waals surface area contributed by atoms with Crippen molar-refractivity contribution in [2.75, 3.05) is 18.9 Å². The summed E-state index contributed by atoms with van der Waals surface area (Å²) in [5.74, 6) is -1.21. The first kappa shape index (κ1) is 19.4. The van der Waals surface area contributed by atoms with Gasteiger partial charge in [-0.1, -0.05) is 0 Å². The summed E-state index contributed by atoms with van der Waals surface area (Å²) in [5, 5.41) is 3.11. The average molecular weight is 390 g/mol. The van der Waals surface area contributed by atoms with Crippen LogP contribution >= 0.6 is 0 Å². The number of anilines is 1. The molecule has 2 aromatic heterocycles. The Labute approximate surface area is 158 Å². The van der Waals surface area contributed by atoms with Crippen LogP contribution in [0.4, 0.5) is 18.9 Å². The second-order valence-corrected chi connectivity index (χ2v) is 6.19. The van der Waals surface area contributed by atoms with Gasteiger partial charge in [0.05, 0.1) is 5.56 Å². The van der Waals surface area contributed by atoms with Crippen molar-refractivity contribution in [2.24, 2.45) is 0 Å². The number of H-pyrrole nitrogens is 1. The molecule has 0 aliphatic rings. The van der Waals surface area contributed by atoms with Gasteiger partial charge in [-0.25, -0.2) is 4.98 Å². The minimum absolute atomic E-state index is 0.126. The number of carbonyl (C=O) groups excluding carboxylic acids is 2. The van der Waals surface area contributed by atoms with Gasteiger partial charge in [-0.3, -0.25) is 9.59 Å². The molecule has 146 valence electrons. The number of carbonyl (C=O) groups is 2. The van der Waals surface area contributed by atoms with Crippen molar-refractivity contribution in [3.63, 3.8) is 0 Å². The monoisotopic (exact) mass is 390 g/mol. The summed E-state index contributed by atoms with van der Waals surface area (Å²) in [7, 11) is 1.48. The Morgan fingerprint density at radius 1 is 1.21 bits per heavy atom. The van der Waals surface area contributed by atoms with Gasteiger partial charge in [0.25, 0.3) is 11.8 Å². The molecule has 0 atom stereocenters. The molecule has 0 saturated carbocycles. The first-order chi connectivity index (χ1) is 13.2. The third-order valence-electron chi connectivity index (χ3n) is 4.22. The van der Waals surface area contributed by atoms with Gasteiger partial charge in [-0.2, -0.15) is 13.2 Å². The van der Waals surface area contributed by atoms with Crippen molar-refractivity contribution in [3.05, 3.63) is 59.4 Å². The van der Waals surface area contributed by atoms with E-state index in [1.165, 1.54) is 18.0 Å². The Morgan fingerprint density at radius 3 is 2.61 bits per heavy atom. The lowest BCUT2D eigenvalue weighted by atomic mass is 10.1. The summed E-state index contributed by atoms with van der Waals surface area (Å²) in [6.07, 6.45) is -3.11.